The van der Waals surface area contributed by atoms with E-state index in [1.165, 1.54) is 59.9 Å². The molecular formula is C25H28N2O2. The number of amides is 1. The minimum absolute atomic E-state index is 0.361. The second kappa shape index (κ2) is 7.25. The van der Waals surface area contributed by atoms with Crippen molar-refractivity contribution in [2.24, 2.45) is 5.73 Å². The summed E-state index contributed by atoms with van der Waals surface area (Å²) in [5.41, 5.74) is 12.9. The normalized spacial score (nSPS) is 16.9. The van der Waals surface area contributed by atoms with Crippen molar-refractivity contribution in [3.05, 3.63) is 53.1 Å². The van der Waals surface area contributed by atoms with Crippen molar-refractivity contribution >= 4 is 16.8 Å². The Morgan fingerprint density at radius 2 is 1.90 bits per heavy atom. The Kier molecular flexibility index (Phi) is 4.57. The monoisotopic (exact) mass is 388 g/mol. The summed E-state index contributed by atoms with van der Waals surface area (Å²) in [6, 6.07) is 12.5. The Hall–Kier alpha value is -2.75. The Bertz CT molecular complexity index is 1090. The molecule has 0 radical (unpaired) electrons. The van der Waals surface area contributed by atoms with Crippen molar-refractivity contribution in [3.8, 4) is 17.0 Å². The zero-order valence-electron chi connectivity index (χ0n) is 17.0. The van der Waals surface area contributed by atoms with Gasteiger partial charge in [-0.15, -0.1) is 0 Å². The van der Waals surface area contributed by atoms with Crippen LogP contribution in [0.2, 0.25) is 0 Å². The van der Waals surface area contributed by atoms with Crippen molar-refractivity contribution < 1.29 is 9.53 Å². The number of benzene rings is 2. The summed E-state index contributed by atoms with van der Waals surface area (Å²) in [7, 11) is 1.73. The first-order chi connectivity index (χ1) is 14.2. The van der Waals surface area contributed by atoms with E-state index in [0.717, 1.165) is 30.7 Å². The van der Waals surface area contributed by atoms with Crippen LogP contribution >= 0.6 is 0 Å². The molecule has 150 valence electrons. The number of nitrogens with two attached hydrogens (primary N) is 1. The lowest BCUT2D eigenvalue weighted by Crippen LogP contribution is -2.10. The molecule has 1 aliphatic heterocycles. The maximum Gasteiger partial charge on any atom is 0.248 e. The number of fused-ring (bicyclic) bond motifs is 5. The topological polar surface area (TPSA) is 57.2 Å². The number of hydrogen-bond acceptors (Lipinski definition) is 2. The van der Waals surface area contributed by atoms with Gasteiger partial charge in [-0.25, -0.2) is 0 Å². The van der Waals surface area contributed by atoms with E-state index in [9.17, 15) is 4.79 Å². The summed E-state index contributed by atoms with van der Waals surface area (Å²) < 4.78 is 7.95. The molecular weight excluding hydrogens is 360 g/mol. The minimum Gasteiger partial charge on any atom is -0.497 e. The van der Waals surface area contributed by atoms with Gasteiger partial charge in [0.2, 0.25) is 5.91 Å². The molecule has 0 bridgehead atoms. The molecule has 1 aliphatic carbocycles. The third kappa shape index (κ3) is 3.02. The third-order valence-electron chi connectivity index (χ3n) is 6.80. The summed E-state index contributed by atoms with van der Waals surface area (Å²) in [6.07, 6.45) is 8.53. The Morgan fingerprint density at radius 3 is 2.66 bits per heavy atom. The Labute approximate surface area is 171 Å². The van der Waals surface area contributed by atoms with Crippen LogP contribution < -0.4 is 10.5 Å². The van der Waals surface area contributed by atoms with Gasteiger partial charge in [0.25, 0.3) is 0 Å². The third-order valence-corrected chi connectivity index (χ3v) is 6.80. The second-order valence-electron chi connectivity index (χ2n) is 8.47. The lowest BCUT2D eigenvalue weighted by atomic mass is 9.81. The van der Waals surface area contributed by atoms with E-state index in [4.69, 9.17) is 10.5 Å². The van der Waals surface area contributed by atoms with Crippen molar-refractivity contribution in [2.75, 3.05) is 7.11 Å². The van der Waals surface area contributed by atoms with Crippen LogP contribution in [0.4, 0.5) is 0 Å². The van der Waals surface area contributed by atoms with Crippen LogP contribution in [0.5, 0.6) is 5.75 Å². The van der Waals surface area contributed by atoms with Crippen LogP contribution in [-0.2, 0) is 13.0 Å². The van der Waals surface area contributed by atoms with Crippen molar-refractivity contribution in [3.63, 3.8) is 0 Å². The maximum absolute atomic E-state index is 11.9. The minimum atomic E-state index is -0.361. The molecule has 4 heteroatoms. The van der Waals surface area contributed by atoms with E-state index >= 15 is 0 Å². The molecule has 29 heavy (non-hydrogen) atoms. The first kappa shape index (κ1) is 18.3. The molecule has 2 N–H and O–H groups in total. The fourth-order valence-electron chi connectivity index (χ4n) is 5.42. The molecule has 2 aliphatic rings. The lowest BCUT2D eigenvalue weighted by molar-refractivity contribution is 0.100. The first-order valence-corrected chi connectivity index (χ1v) is 10.8. The highest BCUT2D eigenvalue weighted by Gasteiger charge is 2.29. The summed E-state index contributed by atoms with van der Waals surface area (Å²) in [4.78, 5) is 11.9. The van der Waals surface area contributed by atoms with Gasteiger partial charge in [0.1, 0.15) is 5.75 Å². The summed E-state index contributed by atoms with van der Waals surface area (Å²) in [5.74, 6) is 1.14. The summed E-state index contributed by atoms with van der Waals surface area (Å²) >= 11 is 0. The quantitative estimate of drug-likeness (QED) is 0.652. The van der Waals surface area contributed by atoms with Gasteiger partial charge in [0.15, 0.2) is 0 Å². The number of nitrogens with zero attached hydrogens (tertiary/aromatic N) is 1. The van der Waals surface area contributed by atoms with Crippen molar-refractivity contribution in [1.82, 2.24) is 4.57 Å². The summed E-state index contributed by atoms with van der Waals surface area (Å²) in [5, 5.41) is 1.29. The molecule has 0 atom stereocenters. The predicted octanol–water partition coefficient (Wildman–Crippen LogP) is 5.41. The Balaban J connectivity index is 1.81. The smallest absolute Gasteiger partial charge is 0.248 e. The molecule has 1 amide bonds. The molecule has 4 nitrogen and oxygen atoms in total. The van der Waals surface area contributed by atoms with Crippen molar-refractivity contribution in [2.45, 2.75) is 57.4 Å². The van der Waals surface area contributed by atoms with Crippen LogP contribution in [0, 0.1) is 0 Å². The predicted molar refractivity (Wildman–Crippen MR) is 117 cm³/mol. The van der Waals surface area contributed by atoms with Gasteiger partial charge in [0.05, 0.1) is 12.8 Å². The highest BCUT2D eigenvalue weighted by atomic mass is 16.5. The van der Waals surface area contributed by atoms with Gasteiger partial charge in [-0.2, -0.15) is 0 Å². The molecule has 0 saturated heterocycles. The lowest BCUT2D eigenvalue weighted by Gasteiger charge is -2.24. The van der Waals surface area contributed by atoms with E-state index in [1.807, 2.05) is 12.1 Å². The van der Waals surface area contributed by atoms with E-state index < -0.39 is 0 Å². The molecule has 0 spiro atoms. The van der Waals surface area contributed by atoms with Crippen LogP contribution in [0.25, 0.3) is 22.2 Å². The average molecular weight is 389 g/mol. The van der Waals surface area contributed by atoms with Gasteiger partial charge >= 0.3 is 0 Å². The number of carbonyl (C=O) groups is 1. The summed E-state index contributed by atoms with van der Waals surface area (Å²) in [6.45, 7) is 0.956. The number of aryl methyl sites for hydroxylation is 2. The van der Waals surface area contributed by atoms with Gasteiger partial charge in [-0.1, -0.05) is 25.3 Å². The van der Waals surface area contributed by atoms with Gasteiger partial charge in [-0.05, 0) is 73.1 Å². The number of rotatable bonds is 3. The van der Waals surface area contributed by atoms with E-state index in [0.29, 0.717) is 11.5 Å². The van der Waals surface area contributed by atoms with E-state index in [1.54, 1.807) is 7.11 Å². The number of methoxy groups -OCH3 is 1. The molecule has 2 heterocycles. The molecule has 1 fully saturated rings. The average Bonchev–Trinajstić information content (AvgIpc) is 2.95. The number of hydrogen-bond donors (Lipinski definition) is 1. The highest BCUT2D eigenvalue weighted by Crippen LogP contribution is 2.46. The van der Waals surface area contributed by atoms with E-state index in [2.05, 4.69) is 28.8 Å². The van der Waals surface area contributed by atoms with Crippen LogP contribution in [0.3, 0.4) is 0 Å². The highest BCUT2D eigenvalue weighted by molar-refractivity contribution is 6.00. The van der Waals surface area contributed by atoms with E-state index in [-0.39, 0.29) is 5.91 Å². The molecule has 1 saturated carbocycles. The second-order valence-corrected chi connectivity index (χ2v) is 8.47. The molecule has 0 unspecified atom stereocenters. The zero-order valence-corrected chi connectivity index (χ0v) is 17.0. The molecule has 3 aromatic rings. The van der Waals surface area contributed by atoms with Gasteiger partial charge < -0.3 is 15.0 Å². The maximum atomic E-state index is 11.9. The fourth-order valence-corrected chi connectivity index (χ4v) is 5.42. The molecule has 2 aromatic carbocycles. The van der Waals surface area contributed by atoms with Gasteiger partial charge in [0, 0.05) is 28.6 Å². The fraction of sp³-hybridized carbons (Fsp3) is 0.400. The SMILES string of the molecule is COc1ccc2c(c1)CCCn1c-2c(C2CCCCC2)c2ccc(C(N)=O)cc21. The number of ether oxygens (including phenoxy) is 1. The zero-order chi connectivity index (χ0) is 20.0. The standard InChI is InChI=1S/C25H28N2O2/c1-29-19-10-12-20-17(14-19)8-5-13-27-22-15-18(25(26)28)9-11-21(22)23(24(20)27)16-6-3-2-4-7-16/h9-12,14-16H,2-8,13H2,1H3,(H2,26,28). The molecule has 5 rings (SSSR count). The van der Waals surface area contributed by atoms with Crippen LogP contribution in [0.15, 0.2) is 36.4 Å². The van der Waals surface area contributed by atoms with Gasteiger partial charge in [-0.3, -0.25) is 4.79 Å². The number of carbonyl (C=O) groups excluding carboxylic acids is 1. The van der Waals surface area contributed by atoms with Crippen molar-refractivity contribution in [1.29, 1.82) is 0 Å². The number of primary amides is 1. The first-order valence-electron chi connectivity index (χ1n) is 10.8. The largest absolute Gasteiger partial charge is 0.497 e. The van der Waals surface area contributed by atoms with Crippen LogP contribution in [0.1, 0.15) is 65.9 Å². The van der Waals surface area contributed by atoms with Crippen LogP contribution in [-0.4, -0.2) is 17.6 Å². The Morgan fingerprint density at radius 1 is 1.07 bits per heavy atom. The number of aromatic nitrogens is 1. The molecule has 1 aromatic heterocycles.